The predicted octanol–water partition coefficient (Wildman–Crippen LogP) is 3.60. The smallest absolute Gasteiger partial charge is 0.251 e. The fourth-order valence-electron chi connectivity index (χ4n) is 2.64. The molecule has 0 aliphatic rings. The first-order valence-corrected chi connectivity index (χ1v) is 7.85. The van der Waals surface area contributed by atoms with Gasteiger partial charge in [0.05, 0.1) is 0 Å². The highest BCUT2D eigenvalue weighted by molar-refractivity contribution is 5.95. The van der Waals surface area contributed by atoms with Crippen LogP contribution in [0.25, 0.3) is 0 Å². The molecule has 0 radical (unpaired) electrons. The van der Waals surface area contributed by atoms with E-state index in [0.717, 1.165) is 19.5 Å². The number of halogens is 2. The topological polar surface area (TPSA) is 58.4 Å². The summed E-state index contributed by atoms with van der Waals surface area (Å²) in [6.07, 6.45) is 1.08. The lowest BCUT2D eigenvalue weighted by Gasteiger charge is -2.31. The lowest BCUT2D eigenvalue weighted by Crippen LogP contribution is -2.44. The molecule has 1 atom stereocenters. The average molecular weight is 364 g/mol. The van der Waals surface area contributed by atoms with Crippen molar-refractivity contribution in [2.24, 2.45) is 5.92 Å². The molecule has 4 nitrogen and oxygen atoms in total. The third-order valence-corrected chi connectivity index (χ3v) is 3.72. The molecule has 0 aromatic heterocycles. The summed E-state index contributed by atoms with van der Waals surface area (Å²) in [5.74, 6) is 0.558. The van der Waals surface area contributed by atoms with Crippen LogP contribution in [-0.2, 0) is 0 Å². The maximum atomic E-state index is 12.2. The van der Waals surface area contributed by atoms with Crippen LogP contribution in [0.4, 0.5) is 5.69 Å². The maximum absolute atomic E-state index is 12.2. The molecular weight excluding hydrogens is 333 g/mol. The Morgan fingerprint density at radius 2 is 1.83 bits per heavy atom. The minimum absolute atomic E-state index is 0. The Bertz CT molecular complexity index is 451. The fourth-order valence-corrected chi connectivity index (χ4v) is 2.64. The zero-order valence-corrected chi connectivity index (χ0v) is 16.2. The molecule has 3 N–H and O–H groups in total. The number of amides is 1. The third kappa shape index (κ3) is 8.45. The van der Waals surface area contributed by atoms with Crippen molar-refractivity contribution in [3.8, 4) is 0 Å². The number of anilines is 1. The molecule has 0 saturated carbocycles. The summed E-state index contributed by atoms with van der Waals surface area (Å²) >= 11 is 0. The van der Waals surface area contributed by atoms with Gasteiger partial charge in [0.1, 0.15) is 0 Å². The molecule has 0 fully saturated rings. The molecule has 0 heterocycles. The number of rotatable bonds is 8. The van der Waals surface area contributed by atoms with Crippen LogP contribution in [0.3, 0.4) is 0 Å². The number of carbonyl (C=O) groups is 1. The fraction of sp³-hybridized carbons (Fsp3) is 0.588. The zero-order valence-electron chi connectivity index (χ0n) is 14.5. The van der Waals surface area contributed by atoms with Crippen LogP contribution in [-0.4, -0.2) is 36.5 Å². The zero-order chi connectivity index (χ0) is 15.8. The van der Waals surface area contributed by atoms with Crippen molar-refractivity contribution in [2.45, 2.75) is 40.2 Å². The minimum atomic E-state index is -0.0526. The summed E-state index contributed by atoms with van der Waals surface area (Å²) in [5.41, 5.74) is 6.96. The van der Waals surface area contributed by atoms with Gasteiger partial charge in [-0.25, -0.2) is 0 Å². The first kappa shape index (κ1) is 24.3. The van der Waals surface area contributed by atoms with E-state index < -0.39 is 0 Å². The molecule has 134 valence electrons. The summed E-state index contributed by atoms with van der Waals surface area (Å²) in [5, 5.41) is 3.04. The molecule has 23 heavy (non-hydrogen) atoms. The van der Waals surface area contributed by atoms with Gasteiger partial charge >= 0.3 is 0 Å². The van der Waals surface area contributed by atoms with Crippen LogP contribution in [0.1, 0.15) is 44.5 Å². The van der Waals surface area contributed by atoms with Crippen LogP contribution in [0.5, 0.6) is 0 Å². The van der Waals surface area contributed by atoms with Crippen LogP contribution >= 0.6 is 24.8 Å². The Labute approximate surface area is 153 Å². The number of likely N-dealkylation sites (N-methyl/N-ethyl adjacent to an activating group) is 1. The highest BCUT2D eigenvalue weighted by Crippen LogP contribution is 2.12. The van der Waals surface area contributed by atoms with Crippen LogP contribution < -0.4 is 11.1 Å². The van der Waals surface area contributed by atoms with Gasteiger partial charge in [0, 0.05) is 23.8 Å². The van der Waals surface area contributed by atoms with Gasteiger partial charge in [-0.2, -0.15) is 0 Å². The first-order chi connectivity index (χ1) is 9.97. The van der Waals surface area contributed by atoms with Gasteiger partial charge in [0.15, 0.2) is 0 Å². The molecule has 1 amide bonds. The van der Waals surface area contributed by atoms with Crippen molar-refractivity contribution in [1.29, 1.82) is 0 Å². The van der Waals surface area contributed by atoms with Crippen molar-refractivity contribution in [3.63, 3.8) is 0 Å². The number of hydrogen-bond donors (Lipinski definition) is 2. The standard InChI is InChI=1S/C17H29N3O.2ClH/c1-5-20(6-2)16(10-13(3)4)12-19-17(21)14-8-7-9-15(18)11-14;;/h7-9,11,13,16H,5-6,10,12,18H2,1-4H3,(H,19,21);2*1H. The van der Waals surface area contributed by atoms with E-state index in [1.807, 2.05) is 0 Å². The van der Waals surface area contributed by atoms with E-state index >= 15 is 0 Å². The average Bonchev–Trinajstić information content (AvgIpc) is 2.45. The van der Waals surface area contributed by atoms with Gasteiger partial charge in [-0.15, -0.1) is 24.8 Å². The molecule has 0 bridgehead atoms. The molecule has 0 aliphatic heterocycles. The predicted molar refractivity (Wildman–Crippen MR) is 104 cm³/mol. The molecular formula is C17H31Cl2N3O. The quantitative estimate of drug-likeness (QED) is 0.693. The number of nitrogens with zero attached hydrogens (tertiary/aromatic N) is 1. The minimum Gasteiger partial charge on any atom is -0.399 e. The summed E-state index contributed by atoms with van der Waals surface area (Å²) in [6, 6.07) is 7.48. The molecule has 1 rings (SSSR count). The summed E-state index contributed by atoms with van der Waals surface area (Å²) in [7, 11) is 0. The van der Waals surface area contributed by atoms with Crippen molar-refractivity contribution in [3.05, 3.63) is 29.8 Å². The van der Waals surface area contributed by atoms with Gasteiger partial charge in [-0.3, -0.25) is 9.69 Å². The van der Waals surface area contributed by atoms with E-state index in [0.29, 0.717) is 29.8 Å². The Hall–Kier alpha value is -0.970. The van der Waals surface area contributed by atoms with Gasteiger partial charge in [0.25, 0.3) is 5.91 Å². The first-order valence-electron chi connectivity index (χ1n) is 7.85. The second-order valence-electron chi connectivity index (χ2n) is 5.84. The molecule has 0 saturated heterocycles. The number of nitrogen functional groups attached to an aromatic ring is 1. The Kier molecular flexibility index (Phi) is 13.1. The number of carbonyl (C=O) groups excluding carboxylic acids is 1. The normalized spacial score (nSPS) is 11.6. The Morgan fingerprint density at radius 1 is 1.22 bits per heavy atom. The van der Waals surface area contributed by atoms with Gasteiger partial charge < -0.3 is 11.1 Å². The van der Waals surface area contributed by atoms with Crippen molar-refractivity contribution >= 4 is 36.4 Å². The maximum Gasteiger partial charge on any atom is 0.251 e. The van der Waals surface area contributed by atoms with Gasteiger partial charge in [-0.1, -0.05) is 33.8 Å². The lowest BCUT2D eigenvalue weighted by molar-refractivity contribution is 0.0929. The number of benzene rings is 1. The van der Waals surface area contributed by atoms with E-state index in [1.54, 1.807) is 24.3 Å². The highest BCUT2D eigenvalue weighted by Gasteiger charge is 2.18. The van der Waals surface area contributed by atoms with E-state index in [1.165, 1.54) is 0 Å². The van der Waals surface area contributed by atoms with Crippen LogP contribution in [0.15, 0.2) is 24.3 Å². The molecule has 1 unspecified atom stereocenters. The molecule has 6 heteroatoms. The monoisotopic (exact) mass is 363 g/mol. The SMILES string of the molecule is CCN(CC)C(CNC(=O)c1cccc(N)c1)CC(C)C.Cl.Cl. The number of nitrogens with two attached hydrogens (primary N) is 1. The highest BCUT2D eigenvalue weighted by atomic mass is 35.5. The number of nitrogens with one attached hydrogen (secondary N) is 1. The second kappa shape index (κ2) is 12.5. The van der Waals surface area contributed by atoms with Gasteiger partial charge in [-0.05, 0) is 43.6 Å². The van der Waals surface area contributed by atoms with Crippen LogP contribution in [0, 0.1) is 5.92 Å². The summed E-state index contributed by atoms with van der Waals surface area (Å²) in [4.78, 5) is 14.6. The van der Waals surface area contributed by atoms with Crippen molar-refractivity contribution in [1.82, 2.24) is 10.2 Å². The van der Waals surface area contributed by atoms with E-state index in [9.17, 15) is 4.79 Å². The Balaban J connectivity index is 0. The molecule has 0 aliphatic carbocycles. The Morgan fingerprint density at radius 3 is 2.30 bits per heavy atom. The van der Waals surface area contributed by atoms with Gasteiger partial charge in [0.2, 0.25) is 0 Å². The summed E-state index contributed by atoms with van der Waals surface area (Å²) < 4.78 is 0. The molecule has 0 spiro atoms. The van der Waals surface area contributed by atoms with E-state index in [4.69, 9.17) is 5.73 Å². The van der Waals surface area contributed by atoms with E-state index in [2.05, 4.69) is 37.9 Å². The van der Waals surface area contributed by atoms with Crippen molar-refractivity contribution < 1.29 is 4.79 Å². The van der Waals surface area contributed by atoms with Crippen LogP contribution in [0.2, 0.25) is 0 Å². The number of hydrogen-bond acceptors (Lipinski definition) is 3. The second-order valence-corrected chi connectivity index (χ2v) is 5.84. The summed E-state index contributed by atoms with van der Waals surface area (Å²) in [6.45, 7) is 11.4. The lowest BCUT2D eigenvalue weighted by atomic mass is 10.0. The third-order valence-electron chi connectivity index (χ3n) is 3.72. The largest absolute Gasteiger partial charge is 0.399 e. The van der Waals surface area contributed by atoms with E-state index in [-0.39, 0.29) is 30.7 Å². The van der Waals surface area contributed by atoms with Crippen molar-refractivity contribution in [2.75, 3.05) is 25.4 Å². The molecule has 1 aromatic rings. The molecule has 1 aromatic carbocycles.